The van der Waals surface area contributed by atoms with Crippen molar-refractivity contribution in [1.29, 1.82) is 0 Å². The largest absolute Gasteiger partial charge is 1.00 e. The Kier molecular flexibility index (Phi) is 7.72. The molecule has 2 nitrogen and oxygen atoms in total. The molecule has 0 saturated heterocycles. The van der Waals surface area contributed by atoms with Gasteiger partial charge in [-0.3, -0.25) is 0 Å². The summed E-state index contributed by atoms with van der Waals surface area (Å²) in [4.78, 5) is 0.363. The molecule has 0 aliphatic heterocycles. The third-order valence-corrected chi connectivity index (χ3v) is 9.21. The number of hydrogen-bond acceptors (Lipinski definition) is 2. The van der Waals surface area contributed by atoms with E-state index in [4.69, 9.17) is 0 Å². The fourth-order valence-electron chi connectivity index (χ4n) is 2.39. The Hall–Kier alpha value is 0.201. The summed E-state index contributed by atoms with van der Waals surface area (Å²) >= 11 is 0. The van der Waals surface area contributed by atoms with E-state index in [9.17, 15) is 8.42 Å². The Morgan fingerprint density at radius 2 is 1.48 bits per heavy atom. The number of benzene rings is 1. The Balaban J connectivity index is 0.00000400. The van der Waals surface area contributed by atoms with Crippen LogP contribution in [0.3, 0.4) is 0 Å². The molecule has 0 spiro atoms. The van der Waals surface area contributed by atoms with Gasteiger partial charge in [0, 0.05) is 16.1 Å². The second kappa shape index (κ2) is 7.65. The number of sulfone groups is 1. The number of rotatable bonds is 6. The van der Waals surface area contributed by atoms with E-state index in [2.05, 4.69) is 45.3 Å². The molecule has 0 radical (unpaired) electrons. The first kappa shape index (κ1) is 21.2. The fraction of sp³-hybridized carbons (Fsp3) is 0.600. The molecule has 0 atom stereocenters. The van der Waals surface area contributed by atoms with Gasteiger partial charge in [0.25, 0.3) is 0 Å². The molecule has 6 heteroatoms. The van der Waals surface area contributed by atoms with Crippen molar-refractivity contribution in [2.75, 3.05) is 0 Å². The van der Waals surface area contributed by atoms with Crippen LogP contribution in [-0.2, 0) is 9.84 Å². The van der Waals surface area contributed by atoms with Crippen LogP contribution in [0.4, 0.5) is 0 Å². The van der Waals surface area contributed by atoms with Crippen LogP contribution in [0.15, 0.2) is 29.2 Å². The van der Waals surface area contributed by atoms with E-state index in [-0.39, 0.29) is 24.1 Å². The van der Waals surface area contributed by atoms with Crippen LogP contribution >= 0.6 is 0 Å². The Labute approximate surface area is 144 Å². The van der Waals surface area contributed by atoms with Gasteiger partial charge in [0.05, 0.1) is 5.25 Å². The van der Waals surface area contributed by atoms with Gasteiger partial charge in [0.15, 0.2) is 9.84 Å². The normalized spacial score (nSPS) is 13.1. The molecule has 21 heavy (non-hydrogen) atoms. The smallest absolute Gasteiger partial charge is 0.226 e. The average Bonchev–Trinajstić information content (AvgIpc) is 2.25. The van der Waals surface area contributed by atoms with E-state index in [1.54, 1.807) is 18.2 Å². The molecule has 0 saturated carbocycles. The zero-order valence-corrected chi connectivity index (χ0v) is 17.3. The molecule has 0 N–H and O–H groups in total. The van der Waals surface area contributed by atoms with Crippen LogP contribution in [-0.4, -0.2) is 29.8 Å². The third kappa shape index (κ3) is 7.34. The Morgan fingerprint density at radius 1 is 1.00 bits per heavy atom. The van der Waals surface area contributed by atoms with Crippen molar-refractivity contribution in [1.82, 2.24) is 0 Å². The van der Waals surface area contributed by atoms with Gasteiger partial charge >= 0.3 is 18.9 Å². The van der Waals surface area contributed by atoms with Gasteiger partial charge in [0.1, 0.15) is 0 Å². The predicted octanol–water partition coefficient (Wildman–Crippen LogP) is 1.31. The first-order valence-electron chi connectivity index (χ1n) is 7.12. The van der Waals surface area contributed by atoms with Crippen molar-refractivity contribution in [3.63, 3.8) is 0 Å². The van der Waals surface area contributed by atoms with Gasteiger partial charge in [-0.05, 0) is 17.0 Å². The zero-order chi connectivity index (χ0) is 15.6. The molecule has 0 aromatic heterocycles. The van der Waals surface area contributed by atoms with Gasteiger partial charge in [0.2, 0.25) is 0 Å². The van der Waals surface area contributed by atoms with Crippen LogP contribution in [0.2, 0.25) is 51.4 Å². The summed E-state index contributed by atoms with van der Waals surface area (Å²) in [6, 6.07) is 11.5. The van der Waals surface area contributed by atoms with Gasteiger partial charge < -0.3 is 0 Å². The Bertz CT molecular complexity index is 515. The summed E-state index contributed by atoms with van der Waals surface area (Å²) in [5, 5.41) is -0.237. The van der Waals surface area contributed by atoms with Crippen molar-refractivity contribution in [2.24, 2.45) is 0 Å². The van der Waals surface area contributed by atoms with Crippen molar-refractivity contribution in [3.8, 4) is 0 Å². The number of hydrogen-bond donors (Lipinski definition) is 0. The van der Waals surface area contributed by atoms with Crippen molar-refractivity contribution in [2.45, 2.75) is 61.5 Å². The molecule has 1 rings (SSSR count). The average molecular weight is 335 g/mol. The van der Waals surface area contributed by atoms with Gasteiger partial charge in [-0.15, -0.1) is 0 Å². The molecular formula is C15H27LiO2SSi2. The fourth-order valence-corrected chi connectivity index (χ4v) is 11.3. The minimum atomic E-state index is -3.25. The summed E-state index contributed by atoms with van der Waals surface area (Å²) in [5.74, 6) is 0. The maximum absolute atomic E-state index is 12.9. The van der Waals surface area contributed by atoms with Crippen LogP contribution in [0.1, 0.15) is 0 Å². The standard InChI is InChI=1S/C15H27O2SSi2.Li/c1-19(2,3)12-15(13-20(4,5)6)18(16,17)14-10-8-7-9-11-14;/h7-10,15H,12-13H2,1-6H3;/q-1;+1. The molecule has 0 amide bonds. The SMILES string of the molecule is C[Si](C)(C)CC(C[Si](C)(C)C)S(=O)(=O)c1[c-]cccc1.[Li+]. The van der Waals surface area contributed by atoms with Crippen LogP contribution in [0.5, 0.6) is 0 Å². The van der Waals surface area contributed by atoms with E-state index >= 15 is 0 Å². The maximum Gasteiger partial charge on any atom is 1.00 e. The molecule has 114 valence electrons. The first-order valence-corrected chi connectivity index (χ1v) is 16.1. The van der Waals surface area contributed by atoms with Crippen LogP contribution in [0.25, 0.3) is 0 Å². The molecule has 0 aliphatic rings. The molecule has 1 aromatic rings. The molecule has 0 unspecified atom stereocenters. The van der Waals surface area contributed by atoms with Crippen molar-refractivity contribution < 1.29 is 27.3 Å². The molecule has 0 bridgehead atoms. The molecule has 0 heterocycles. The summed E-state index contributed by atoms with van der Waals surface area (Å²) in [6.45, 7) is 13.5. The van der Waals surface area contributed by atoms with Crippen LogP contribution < -0.4 is 18.9 Å². The van der Waals surface area contributed by atoms with E-state index < -0.39 is 26.0 Å². The van der Waals surface area contributed by atoms with Crippen molar-refractivity contribution >= 4 is 26.0 Å². The van der Waals surface area contributed by atoms with E-state index in [0.717, 1.165) is 12.1 Å². The monoisotopic (exact) mass is 334 g/mol. The second-order valence-electron chi connectivity index (χ2n) is 7.92. The zero-order valence-electron chi connectivity index (χ0n) is 14.5. The third-order valence-electron chi connectivity index (χ3n) is 3.11. The molecule has 1 aromatic carbocycles. The van der Waals surface area contributed by atoms with E-state index in [1.165, 1.54) is 0 Å². The summed E-state index contributed by atoms with van der Waals surface area (Å²) in [5.41, 5.74) is 0. The molecular weight excluding hydrogens is 307 g/mol. The first-order chi connectivity index (χ1) is 8.92. The van der Waals surface area contributed by atoms with E-state index in [0.29, 0.717) is 4.90 Å². The Morgan fingerprint density at radius 3 is 1.81 bits per heavy atom. The van der Waals surface area contributed by atoms with Crippen molar-refractivity contribution in [3.05, 3.63) is 30.3 Å². The second-order valence-corrected chi connectivity index (χ2v) is 21.2. The maximum atomic E-state index is 12.9. The molecule has 0 fully saturated rings. The quantitative estimate of drug-likeness (QED) is 0.581. The topological polar surface area (TPSA) is 34.1 Å². The van der Waals surface area contributed by atoms with Gasteiger partial charge in [-0.25, -0.2) is 8.42 Å². The van der Waals surface area contributed by atoms with Gasteiger partial charge in [-0.2, -0.15) is 30.3 Å². The molecule has 0 aliphatic carbocycles. The van der Waals surface area contributed by atoms with Crippen LogP contribution in [0, 0.1) is 6.07 Å². The summed E-state index contributed by atoms with van der Waals surface area (Å²) in [6.07, 6.45) is 0. The summed E-state index contributed by atoms with van der Waals surface area (Å²) < 4.78 is 25.8. The van der Waals surface area contributed by atoms with Gasteiger partial charge in [-0.1, -0.05) is 39.3 Å². The summed E-state index contributed by atoms with van der Waals surface area (Å²) in [7, 11) is -6.12. The minimum Gasteiger partial charge on any atom is -0.226 e. The minimum absolute atomic E-state index is 0. The predicted molar refractivity (Wildman–Crippen MR) is 92.6 cm³/mol. The van der Waals surface area contributed by atoms with E-state index in [1.807, 2.05) is 6.07 Å².